The number of thiazole rings is 1. The number of nitrogens with zero attached hydrogens (tertiary/aromatic N) is 4. The SMILES string of the molecule is COc1ccc(COC(=O)C2=C(SCC#N)CS[C@@H]3[C@H](NC(=O)/C(=N\OCc4ccc(OC)cc4OC)c4csc(NC(c5ccccc5)(c5ccccc5)c5ccccc5)n4)C(=O)N23)cc1. The number of carbonyl (C=O) groups excluding carboxylic acids is 3. The zero-order chi connectivity index (χ0) is 46.8. The molecule has 17 heteroatoms. The number of thioether (sulfide) groups is 2. The first kappa shape index (κ1) is 46.3. The third kappa shape index (κ3) is 9.97. The summed E-state index contributed by atoms with van der Waals surface area (Å²) >= 11 is 3.81. The first-order chi connectivity index (χ1) is 32.8. The molecule has 1 fully saturated rings. The maximum Gasteiger partial charge on any atom is 0.356 e. The number of ether oxygens (including phenoxy) is 4. The van der Waals surface area contributed by atoms with Crippen molar-refractivity contribution in [2.24, 2.45) is 5.16 Å². The van der Waals surface area contributed by atoms with Crippen molar-refractivity contribution in [3.8, 4) is 23.3 Å². The van der Waals surface area contributed by atoms with Crippen LogP contribution >= 0.6 is 34.9 Å². The number of nitrogens with one attached hydrogen (secondary N) is 2. The van der Waals surface area contributed by atoms with Gasteiger partial charge in [0.15, 0.2) is 10.8 Å². The lowest BCUT2D eigenvalue weighted by atomic mass is 9.77. The van der Waals surface area contributed by atoms with Gasteiger partial charge in [0.1, 0.15) is 58.8 Å². The average molecular weight is 953 g/mol. The second-order valence-corrected chi connectivity index (χ2v) is 17.9. The summed E-state index contributed by atoms with van der Waals surface area (Å²) in [5.74, 6) is 0.129. The summed E-state index contributed by atoms with van der Waals surface area (Å²) in [6.07, 6.45) is 0. The molecule has 2 atom stereocenters. The Kier molecular flexibility index (Phi) is 14.8. The topological polar surface area (TPSA) is 174 Å². The number of β-lactam (4-membered cyclic amide) rings is 1. The fourth-order valence-electron chi connectivity index (χ4n) is 7.68. The van der Waals surface area contributed by atoms with Crippen molar-refractivity contribution in [1.82, 2.24) is 15.2 Å². The van der Waals surface area contributed by atoms with Gasteiger partial charge in [-0.2, -0.15) is 5.26 Å². The van der Waals surface area contributed by atoms with E-state index in [1.165, 1.54) is 46.9 Å². The summed E-state index contributed by atoms with van der Waals surface area (Å²) in [5.41, 5.74) is 3.36. The van der Waals surface area contributed by atoms with Crippen molar-refractivity contribution in [3.05, 3.63) is 183 Å². The molecule has 2 N–H and O–H groups in total. The van der Waals surface area contributed by atoms with Gasteiger partial charge in [-0.3, -0.25) is 14.5 Å². The largest absolute Gasteiger partial charge is 0.497 e. The lowest BCUT2D eigenvalue weighted by Gasteiger charge is -2.49. The second kappa shape index (κ2) is 21.4. The molecule has 0 unspecified atom stereocenters. The van der Waals surface area contributed by atoms with Gasteiger partial charge in [-0.25, -0.2) is 9.78 Å². The Morgan fingerprint density at radius 2 is 1.48 bits per heavy atom. The number of fused-ring (bicyclic) bond motifs is 1. The van der Waals surface area contributed by atoms with Crippen LogP contribution in [0, 0.1) is 11.3 Å². The molecule has 0 saturated carbocycles. The van der Waals surface area contributed by atoms with E-state index in [0.29, 0.717) is 44.2 Å². The number of oxime groups is 1. The van der Waals surface area contributed by atoms with E-state index < -0.39 is 34.7 Å². The number of rotatable bonds is 19. The molecule has 3 heterocycles. The van der Waals surface area contributed by atoms with E-state index in [1.807, 2.05) is 54.6 Å². The number of amides is 2. The number of carbonyl (C=O) groups is 3. The first-order valence-corrected chi connectivity index (χ1v) is 23.8. The Bertz CT molecular complexity index is 2720. The summed E-state index contributed by atoms with van der Waals surface area (Å²) in [7, 11) is 4.64. The lowest BCUT2D eigenvalue weighted by Crippen LogP contribution is -2.71. The summed E-state index contributed by atoms with van der Waals surface area (Å²) in [6.45, 7) is -0.138. The smallest absolute Gasteiger partial charge is 0.356 e. The van der Waals surface area contributed by atoms with Crippen molar-refractivity contribution in [3.63, 3.8) is 0 Å². The maximum atomic E-state index is 14.5. The molecule has 67 heavy (non-hydrogen) atoms. The van der Waals surface area contributed by atoms with E-state index in [9.17, 15) is 19.6 Å². The first-order valence-electron chi connectivity index (χ1n) is 20.9. The fraction of sp³-hybridized carbons (Fsp3) is 0.200. The van der Waals surface area contributed by atoms with E-state index in [-0.39, 0.29) is 36.1 Å². The molecule has 5 aromatic carbocycles. The molecule has 340 valence electrons. The Morgan fingerprint density at radius 3 is 2.07 bits per heavy atom. The van der Waals surface area contributed by atoms with Gasteiger partial charge in [-0.15, -0.1) is 34.9 Å². The molecule has 0 bridgehead atoms. The van der Waals surface area contributed by atoms with E-state index in [0.717, 1.165) is 16.7 Å². The minimum atomic E-state index is -1.05. The number of hydrogen-bond donors (Lipinski definition) is 2. The van der Waals surface area contributed by atoms with Crippen LogP contribution < -0.4 is 24.8 Å². The molecular formula is C50H44N6O8S3. The molecule has 1 aromatic heterocycles. The van der Waals surface area contributed by atoms with Crippen LogP contribution in [0.5, 0.6) is 17.2 Å². The van der Waals surface area contributed by atoms with Crippen molar-refractivity contribution < 1.29 is 38.2 Å². The Hall–Kier alpha value is -7.26. The van der Waals surface area contributed by atoms with Gasteiger partial charge in [-0.05, 0) is 46.5 Å². The molecule has 14 nitrogen and oxygen atoms in total. The quantitative estimate of drug-likeness (QED) is 0.0262. The van der Waals surface area contributed by atoms with Gasteiger partial charge in [0, 0.05) is 27.7 Å². The van der Waals surface area contributed by atoms with Crippen molar-refractivity contribution >= 4 is 63.5 Å². The van der Waals surface area contributed by atoms with Crippen LogP contribution in [0.15, 0.2) is 155 Å². The monoisotopic (exact) mass is 952 g/mol. The fourth-order valence-corrected chi connectivity index (χ4v) is 10.7. The minimum absolute atomic E-state index is 0.0487. The Balaban J connectivity index is 1.09. The number of aromatic nitrogens is 1. The molecule has 6 aromatic rings. The van der Waals surface area contributed by atoms with Gasteiger partial charge in [0.05, 0.1) is 33.2 Å². The van der Waals surface area contributed by atoms with Gasteiger partial charge >= 0.3 is 5.97 Å². The highest BCUT2D eigenvalue weighted by atomic mass is 32.2. The molecule has 1 saturated heterocycles. The molecular weight excluding hydrogens is 909 g/mol. The van der Waals surface area contributed by atoms with Gasteiger partial charge in [0.2, 0.25) is 0 Å². The summed E-state index contributed by atoms with van der Waals surface area (Å²) in [6, 6.07) is 43.5. The normalized spacial score (nSPS) is 15.6. The Morgan fingerprint density at radius 1 is 0.851 bits per heavy atom. The summed E-state index contributed by atoms with van der Waals surface area (Å²) in [5, 5.41) is 21.9. The molecule has 2 aliphatic rings. The third-order valence-corrected chi connectivity index (χ3v) is 14.2. The highest BCUT2D eigenvalue weighted by molar-refractivity contribution is 8.06. The number of esters is 1. The average Bonchev–Trinajstić information content (AvgIpc) is 3.85. The predicted molar refractivity (Wildman–Crippen MR) is 259 cm³/mol. The molecule has 0 radical (unpaired) electrons. The minimum Gasteiger partial charge on any atom is -0.497 e. The highest BCUT2D eigenvalue weighted by Gasteiger charge is 2.55. The Labute approximate surface area is 399 Å². The van der Waals surface area contributed by atoms with Crippen LogP contribution in [-0.2, 0) is 42.7 Å². The molecule has 0 spiro atoms. The van der Waals surface area contributed by atoms with Crippen molar-refractivity contribution in [1.29, 1.82) is 5.26 Å². The van der Waals surface area contributed by atoms with Crippen molar-refractivity contribution in [2.45, 2.75) is 30.2 Å². The third-order valence-electron chi connectivity index (χ3n) is 11.0. The van der Waals surface area contributed by atoms with E-state index in [2.05, 4.69) is 58.3 Å². The summed E-state index contributed by atoms with van der Waals surface area (Å²) in [4.78, 5) is 55.1. The van der Waals surface area contributed by atoms with Crippen LogP contribution in [-0.4, -0.2) is 77.6 Å². The number of hydrogen-bond acceptors (Lipinski definition) is 15. The molecule has 8 rings (SSSR count). The van der Waals surface area contributed by atoms with E-state index in [4.69, 9.17) is 28.8 Å². The van der Waals surface area contributed by atoms with Crippen LogP contribution in [0.4, 0.5) is 5.13 Å². The number of methoxy groups -OCH3 is 3. The number of anilines is 1. The number of benzene rings is 5. The zero-order valence-corrected chi connectivity index (χ0v) is 39.0. The van der Waals surface area contributed by atoms with Crippen LogP contribution in [0.2, 0.25) is 0 Å². The van der Waals surface area contributed by atoms with E-state index in [1.54, 1.807) is 62.1 Å². The summed E-state index contributed by atoms with van der Waals surface area (Å²) < 4.78 is 21.9. The molecule has 2 amide bonds. The van der Waals surface area contributed by atoms with Crippen molar-refractivity contribution in [2.75, 3.05) is 38.2 Å². The zero-order valence-electron chi connectivity index (χ0n) is 36.5. The predicted octanol–water partition coefficient (Wildman–Crippen LogP) is 8.11. The highest BCUT2D eigenvalue weighted by Crippen LogP contribution is 2.44. The van der Waals surface area contributed by atoms with Crippen LogP contribution in [0.1, 0.15) is 33.5 Å². The number of nitriles is 1. The van der Waals surface area contributed by atoms with Crippen LogP contribution in [0.3, 0.4) is 0 Å². The van der Waals surface area contributed by atoms with Crippen LogP contribution in [0.25, 0.3) is 0 Å². The second-order valence-electron chi connectivity index (χ2n) is 14.9. The molecule has 2 aliphatic heterocycles. The van der Waals surface area contributed by atoms with Gasteiger partial charge in [-0.1, -0.05) is 108 Å². The van der Waals surface area contributed by atoms with E-state index >= 15 is 0 Å². The maximum absolute atomic E-state index is 14.5. The standard InChI is InChI=1S/C50H44N6O8S3/c1-60-37-22-19-32(20-23-37)28-63-48(59)44-41(65-26-25-51)31-66-47-43(46(58)56(44)47)53-45(57)42(55-64-29-33-21-24-38(61-2)27-40(33)62-3)39-30-67-49(52-39)54-50(34-13-7-4-8-14-34,35-15-9-5-10-16-35)36-17-11-6-12-18-36/h4-24,27,30,43,47H,26,28-29,31H2,1-3H3,(H,52,54)(H,53,57)/b55-42-/t43-,47-/m1/s1. The lowest BCUT2D eigenvalue weighted by molar-refractivity contribution is -0.153. The molecule has 0 aliphatic carbocycles. The van der Waals surface area contributed by atoms with Gasteiger partial charge < -0.3 is 34.4 Å². The van der Waals surface area contributed by atoms with Gasteiger partial charge in [0.25, 0.3) is 11.8 Å².